The fraction of sp³-hybridized carbons (Fsp3) is 0.167. The summed E-state index contributed by atoms with van der Waals surface area (Å²) in [5.41, 5.74) is 1.45. The van der Waals surface area contributed by atoms with Gasteiger partial charge in [-0.05, 0) is 24.3 Å². The molecule has 0 amide bonds. The van der Waals surface area contributed by atoms with Crippen molar-refractivity contribution in [3.8, 4) is 5.69 Å². The smallest absolute Gasteiger partial charge is 0.273 e. The van der Waals surface area contributed by atoms with E-state index in [-0.39, 0.29) is 5.69 Å². The molecule has 1 aromatic carbocycles. The summed E-state index contributed by atoms with van der Waals surface area (Å²) in [6, 6.07) is 7.33. The van der Waals surface area contributed by atoms with Gasteiger partial charge in [0.25, 0.3) is 0 Å². The Morgan fingerprint density at radius 3 is 2.76 bits per heavy atom. The van der Waals surface area contributed by atoms with Crippen molar-refractivity contribution < 1.29 is 0 Å². The lowest BCUT2D eigenvalue weighted by Gasteiger charge is -1.99. The van der Waals surface area contributed by atoms with Crippen molar-refractivity contribution in [1.29, 1.82) is 0 Å². The lowest BCUT2D eigenvalue weighted by molar-refractivity contribution is 0.765. The molecule has 0 saturated heterocycles. The van der Waals surface area contributed by atoms with E-state index in [9.17, 15) is 4.79 Å². The lowest BCUT2D eigenvalue weighted by Crippen LogP contribution is -2.12. The molecule has 21 heavy (non-hydrogen) atoms. The largest absolute Gasteiger partial charge is 0.343 e. The van der Waals surface area contributed by atoms with E-state index >= 15 is 0 Å². The number of thioether (sulfide) groups is 1. The van der Waals surface area contributed by atoms with Gasteiger partial charge in [0.05, 0.1) is 17.6 Å². The minimum absolute atomic E-state index is 0.234. The number of H-pyrrole nitrogens is 1. The molecule has 2 heterocycles. The number of hydrogen-bond acceptors (Lipinski definition) is 5. The molecule has 3 aromatic rings. The molecule has 0 saturated carbocycles. The van der Waals surface area contributed by atoms with Gasteiger partial charge in [0.15, 0.2) is 5.16 Å². The Labute approximate surface area is 128 Å². The van der Waals surface area contributed by atoms with Crippen LogP contribution in [0.2, 0.25) is 5.02 Å². The summed E-state index contributed by atoms with van der Waals surface area (Å²) in [5, 5.41) is 15.8. The van der Waals surface area contributed by atoms with E-state index in [1.165, 1.54) is 16.3 Å². The van der Waals surface area contributed by atoms with Crippen LogP contribution >= 0.6 is 23.4 Å². The third kappa shape index (κ3) is 3.01. The minimum atomic E-state index is -0.234. The van der Waals surface area contributed by atoms with Crippen LogP contribution in [-0.4, -0.2) is 29.8 Å². The van der Waals surface area contributed by atoms with Crippen molar-refractivity contribution in [2.24, 2.45) is 7.05 Å². The van der Waals surface area contributed by atoms with Crippen LogP contribution in [0.3, 0.4) is 0 Å². The number of aromatic amines is 1. The van der Waals surface area contributed by atoms with E-state index in [4.69, 9.17) is 11.6 Å². The molecular weight excluding hydrogens is 312 g/mol. The molecule has 1 N–H and O–H groups in total. The van der Waals surface area contributed by atoms with Crippen LogP contribution in [0.1, 0.15) is 5.69 Å². The number of nitrogens with one attached hydrogen (secondary N) is 1. The summed E-state index contributed by atoms with van der Waals surface area (Å²) in [6.45, 7) is 0. The van der Waals surface area contributed by atoms with E-state index in [2.05, 4.69) is 20.5 Å². The Bertz CT molecular complexity index is 806. The zero-order valence-electron chi connectivity index (χ0n) is 11.0. The van der Waals surface area contributed by atoms with Crippen molar-refractivity contribution in [2.75, 3.05) is 0 Å². The maximum absolute atomic E-state index is 11.3. The van der Waals surface area contributed by atoms with E-state index in [0.29, 0.717) is 15.9 Å². The van der Waals surface area contributed by atoms with E-state index in [1.54, 1.807) is 23.9 Å². The number of hydrogen-bond donors (Lipinski definition) is 1. The molecule has 0 bridgehead atoms. The van der Waals surface area contributed by atoms with Crippen molar-refractivity contribution >= 4 is 23.4 Å². The summed E-state index contributed by atoms with van der Waals surface area (Å²) in [7, 11) is 1.67. The van der Waals surface area contributed by atoms with Gasteiger partial charge in [-0.15, -0.1) is 10.2 Å². The van der Waals surface area contributed by atoms with Gasteiger partial charge >= 0.3 is 5.69 Å². The summed E-state index contributed by atoms with van der Waals surface area (Å²) < 4.78 is 3.13. The molecular formula is C12H11ClN6OS. The average molecular weight is 323 g/mol. The number of benzene rings is 1. The van der Waals surface area contributed by atoms with E-state index in [0.717, 1.165) is 11.4 Å². The molecule has 0 aliphatic heterocycles. The zero-order chi connectivity index (χ0) is 14.8. The van der Waals surface area contributed by atoms with E-state index in [1.807, 2.05) is 18.3 Å². The van der Waals surface area contributed by atoms with Crippen LogP contribution in [0.25, 0.3) is 5.69 Å². The van der Waals surface area contributed by atoms with Gasteiger partial charge in [-0.2, -0.15) is 0 Å². The molecule has 3 rings (SSSR count). The predicted octanol–water partition coefficient (Wildman–Crippen LogP) is 1.63. The second-order valence-corrected chi connectivity index (χ2v) is 5.67. The van der Waals surface area contributed by atoms with Gasteiger partial charge in [0.2, 0.25) is 0 Å². The van der Waals surface area contributed by atoms with Crippen LogP contribution in [0.5, 0.6) is 0 Å². The molecule has 108 valence electrons. The number of halogens is 1. The third-order valence-corrected chi connectivity index (χ3v) is 4.14. The first kappa shape index (κ1) is 13.9. The Balaban J connectivity index is 1.72. The summed E-state index contributed by atoms with van der Waals surface area (Å²) in [4.78, 5) is 11.3. The molecule has 0 spiro atoms. The topological polar surface area (TPSA) is 81.4 Å². The summed E-state index contributed by atoms with van der Waals surface area (Å²) in [6.07, 6.45) is 1.83. The second-order valence-electron chi connectivity index (χ2n) is 4.29. The van der Waals surface area contributed by atoms with Crippen molar-refractivity contribution in [2.45, 2.75) is 10.9 Å². The molecule has 9 heteroatoms. The van der Waals surface area contributed by atoms with Gasteiger partial charge in [0.1, 0.15) is 0 Å². The highest BCUT2D eigenvalue weighted by atomic mass is 35.5. The maximum Gasteiger partial charge on any atom is 0.343 e. The molecule has 0 unspecified atom stereocenters. The first-order valence-corrected chi connectivity index (χ1v) is 7.41. The summed E-state index contributed by atoms with van der Waals surface area (Å²) >= 11 is 7.27. The fourth-order valence-electron chi connectivity index (χ4n) is 1.68. The van der Waals surface area contributed by atoms with Gasteiger partial charge < -0.3 is 0 Å². The molecule has 0 atom stereocenters. The van der Waals surface area contributed by atoms with Crippen LogP contribution in [0.15, 0.2) is 40.4 Å². The van der Waals surface area contributed by atoms with Crippen molar-refractivity contribution in [3.63, 3.8) is 0 Å². The summed E-state index contributed by atoms with van der Waals surface area (Å²) in [5.74, 6) is 0.575. The maximum atomic E-state index is 11.3. The van der Waals surface area contributed by atoms with Crippen LogP contribution in [0.4, 0.5) is 0 Å². The predicted molar refractivity (Wildman–Crippen MR) is 79.8 cm³/mol. The van der Waals surface area contributed by atoms with Crippen molar-refractivity contribution in [1.82, 2.24) is 29.8 Å². The third-order valence-electron chi connectivity index (χ3n) is 2.82. The van der Waals surface area contributed by atoms with Gasteiger partial charge in [-0.1, -0.05) is 28.6 Å². The average Bonchev–Trinajstić information content (AvgIpc) is 3.07. The lowest BCUT2D eigenvalue weighted by atomic mass is 10.3. The minimum Gasteiger partial charge on any atom is -0.273 e. The second kappa shape index (κ2) is 5.74. The molecule has 7 nitrogen and oxygen atoms in total. The first-order chi connectivity index (χ1) is 10.1. The zero-order valence-corrected chi connectivity index (χ0v) is 12.6. The van der Waals surface area contributed by atoms with Crippen LogP contribution in [-0.2, 0) is 12.8 Å². The van der Waals surface area contributed by atoms with E-state index < -0.39 is 0 Å². The Hall–Kier alpha value is -2.06. The number of rotatable bonds is 4. The normalized spacial score (nSPS) is 11.0. The van der Waals surface area contributed by atoms with Gasteiger partial charge in [-0.25, -0.2) is 14.6 Å². The van der Waals surface area contributed by atoms with Gasteiger partial charge in [0, 0.05) is 17.8 Å². The number of nitrogens with zero attached hydrogens (tertiary/aromatic N) is 5. The first-order valence-electron chi connectivity index (χ1n) is 6.05. The molecule has 2 aromatic heterocycles. The standard InChI is InChI=1S/C12H11ClN6OS/c1-18-11(20)15-16-12(18)21-7-9-6-19(17-14-9)10-4-2-8(13)3-5-10/h2-6H,7H2,1H3,(H,15,20). The van der Waals surface area contributed by atoms with Gasteiger partial charge in [-0.3, -0.25) is 4.57 Å². The van der Waals surface area contributed by atoms with Crippen LogP contribution < -0.4 is 5.69 Å². The van der Waals surface area contributed by atoms with Crippen molar-refractivity contribution in [3.05, 3.63) is 51.7 Å². The molecule has 0 fully saturated rings. The Kier molecular flexibility index (Phi) is 3.80. The number of aromatic nitrogens is 6. The highest BCUT2D eigenvalue weighted by Crippen LogP contribution is 2.18. The SMILES string of the molecule is Cn1c(SCc2cn(-c3ccc(Cl)cc3)nn2)n[nH]c1=O. The Morgan fingerprint density at radius 2 is 2.10 bits per heavy atom. The Morgan fingerprint density at radius 1 is 1.33 bits per heavy atom. The molecule has 0 aliphatic carbocycles. The molecule has 0 radical (unpaired) electrons. The van der Waals surface area contributed by atoms with Crippen LogP contribution in [0, 0.1) is 0 Å². The quantitative estimate of drug-likeness (QED) is 0.738. The fourth-order valence-corrected chi connectivity index (χ4v) is 2.61. The highest BCUT2D eigenvalue weighted by Gasteiger charge is 2.08. The molecule has 0 aliphatic rings. The highest BCUT2D eigenvalue weighted by molar-refractivity contribution is 7.98. The monoisotopic (exact) mass is 322 g/mol.